The van der Waals surface area contributed by atoms with Crippen LogP contribution in [-0.2, 0) is 38.0 Å². The van der Waals surface area contributed by atoms with E-state index in [1.165, 1.54) is 21.1 Å². The number of epoxide rings is 1. The molecule has 0 radical (unpaired) electrons. The molecule has 154 valence electrons. The van der Waals surface area contributed by atoms with Crippen molar-refractivity contribution < 1.29 is 43.1 Å². The number of nitrogens with one attached hydrogen (secondary N) is 1. The second-order valence-electron chi connectivity index (χ2n) is 7.60. The third-order valence-electron chi connectivity index (χ3n) is 5.20. The number of esters is 1. The van der Waals surface area contributed by atoms with Crippen molar-refractivity contribution in [2.24, 2.45) is 0 Å². The molecule has 27 heavy (non-hydrogen) atoms. The van der Waals surface area contributed by atoms with Crippen LogP contribution in [0.15, 0.2) is 0 Å². The Bertz CT molecular complexity index is 605. The van der Waals surface area contributed by atoms with Gasteiger partial charge in [0.25, 0.3) is 5.79 Å². The zero-order valence-electron chi connectivity index (χ0n) is 16.1. The van der Waals surface area contributed by atoms with Gasteiger partial charge in [-0.05, 0) is 13.8 Å². The first-order chi connectivity index (χ1) is 12.6. The highest BCUT2D eigenvalue weighted by molar-refractivity contribution is 5.79. The molecule has 0 saturated carbocycles. The van der Waals surface area contributed by atoms with E-state index >= 15 is 0 Å². The number of rotatable bonds is 5. The van der Waals surface area contributed by atoms with E-state index in [1.54, 1.807) is 13.8 Å². The minimum Gasteiger partial charge on any atom is -0.465 e. The summed E-state index contributed by atoms with van der Waals surface area (Å²) in [6.45, 7) is 5.22. The van der Waals surface area contributed by atoms with Crippen LogP contribution >= 0.6 is 0 Å². The Kier molecular flexibility index (Phi) is 5.26. The standard InChI is InChI=1S/C17H27NO9/c1-9(19)18-13-12(11(20)10-6-24-15(2,3)26-10)27-17(23-5,14(21)22-4)7-16(13)8-25-16/h10-13,20H,6-8H2,1-5H3,(H,18,19)/t10-,11-,12?,13+,16-,17+/m1/s1. The predicted molar refractivity (Wildman–Crippen MR) is 88.4 cm³/mol. The van der Waals surface area contributed by atoms with Crippen molar-refractivity contribution in [1.82, 2.24) is 5.32 Å². The Morgan fingerprint density at radius 3 is 2.33 bits per heavy atom. The van der Waals surface area contributed by atoms with Gasteiger partial charge in [0, 0.05) is 20.5 Å². The summed E-state index contributed by atoms with van der Waals surface area (Å²) in [5, 5.41) is 13.8. The molecule has 1 spiro atoms. The summed E-state index contributed by atoms with van der Waals surface area (Å²) < 4.78 is 33.0. The first-order valence-corrected chi connectivity index (χ1v) is 8.80. The summed E-state index contributed by atoms with van der Waals surface area (Å²) in [5.74, 6) is -3.69. The van der Waals surface area contributed by atoms with Crippen LogP contribution in [0.3, 0.4) is 0 Å². The third kappa shape index (κ3) is 3.69. The fourth-order valence-electron chi connectivity index (χ4n) is 3.78. The van der Waals surface area contributed by atoms with Crippen molar-refractivity contribution in [3.8, 4) is 0 Å². The van der Waals surface area contributed by atoms with E-state index in [2.05, 4.69) is 5.32 Å². The number of methoxy groups -OCH3 is 2. The van der Waals surface area contributed by atoms with Gasteiger partial charge in [0.1, 0.15) is 23.9 Å². The lowest BCUT2D eigenvalue weighted by Gasteiger charge is -2.47. The Morgan fingerprint density at radius 2 is 1.89 bits per heavy atom. The molecule has 10 heteroatoms. The molecule has 2 N–H and O–H groups in total. The van der Waals surface area contributed by atoms with E-state index in [0.29, 0.717) is 0 Å². The lowest BCUT2D eigenvalue weighted by molar-refractivity contribution is -0.301. The van der Waals surface area contributed by atoms with Crippen molar-refractivity contribution in [1.29, 1.82) is 0 Å². The zero-order chi connectivity index (χ0) is 20.0. The molecule has 0 bridgehead atoms. The molecule has 3 heterocycles. The van der Waals surface area contributed by atoms with Gasteiger partial charge in [0.05, 0.1) is 26.4 Å². The molecule has 0 aromatic rings. The second-order valence-corrected chi connectivity index (χ2v) is 7.60. The topological polar surface area (TPSA) is 125 Å². The van der Waals surface area contributed by atoms with E-state index < -0.39 is 47.5 Å². The van der Waals surface area contributed by atoms with E-state index in [9.17, 15) is 14.7 Å². The molecule has 3 fully saturated rings. The maximum atomic E-state index is 12.4. The van der Waals surface area contributed by atoms with Crippen LogP contribution in [0.5, 0.6) is 0 Å². The van der Waals surface area contributed by atoms with Crippen molar-refractivity contribution in [3.05, 3.63) is 0 Å². The van der Waals surface area contributed by atoms with E-state index in [4.69, 9.17) is 28.4 Å². The highest BCUT2D eigenvalue weighted by Crippen LogP contribution is 2.48. The Balaban J connectivity index is 1.92. The molecule has 10 nitrogen and oxygen atoms in total. The smallest absolute Gasteiger partial charge is 0.366 e. The maximum Gasteiger partial charge on any atom is 0.366 e. The van der Waals surface area contributed by atoms with Crippen molar-refractivity contribution >= 4 is 11.9 Å². The lowest BCUT2D eigenvalue weighted by Crippen LogP contribution is -2.69. The van der Waals surface area contributed by atoms with Gasteiger partial charge in [-0.15, -0.1) is 0 Å². The average Bonchev–Trinajstić information content (AvgIpc) is 3.28. The lowest BCUT2D eigenvalue weighted by atomic mass is 9.82. The van der Waals surface area contributed by atoms with Crippen LogP contribution in [-0.4, -0.2) is 85.9 Å². The van der Waals surface area contributed by atoms with Gasteiger partial charge in [0.15, 0.2) is 5.79 Å². The predicted octanol–water partition coefficient (Wildman–Crippen LogP) is -0.923. The summed E-state index contributed by atoms with van der Waals surface area (Å²) in [6.07, 6.45) is -2.97. The molecule has 0 aromatic carbocycles. The van der Waals surface area contributed by atoms with Gasteiger partial charge >= 0.3 is 5.97 Å². The molecule has 6 atom stereocenters. The fraction of sp³-hybridized carbons (Fsp3) is 0.882. The minimum atomic E-state index is -1.76. The summed E-state index contributed by atoms with van der Waals surface area (Å²) in [4.78, 5) is 24.2. The molecule has 3 saturated heterocycles. The van der Waals surface area contributed by atoms with Gasteiger partial charge < -0.3 is 38.8 Å². The van der Waals surface area contributed by atoms with Crippen LogP contribution < -0.4 is 5.32 Å². The zero-order valence-corrected chi connectivity index (χ0v) is 16.1. The van der Waals surface area contributed by atoms with Gasteiger partial charge in [-0.1, -0.05) is 0 Å². The number of aliphatic hydroxyl groups is 1. The maximum absolute atomic E-state index is 12.4. The van der Waals surface area contributed by atoms with Gasteiger partial charge in [0.2, 0.25) is 5.91 Å². The number of ether oxygens (including phenoxy) is 6. The number of amides is 1. The van der Waals surface area contributed by atoms with Crippen LogP contribution in [0.4, 0.5) is 0 Å². The Morgan fingerprint density at radius 1 is 1.22 bits per heavy atom. The molecule has 1 amide bonds. The van der Waals surface area contributed by atoms with Crippen molar-refractivity contribution in [2.75, 3.05) is 27.4 Å². The largest absolute Gasteiger partial charge is 0.465 e. The number of aliphatic hydroxyl groups excluding tert-OH is 1. The molecule has 3 aliphatic heterocycles. The van der Waals surface area contributed by atoms with Crippen LogP contribution in [0.25, 0.3) is 0 Å². The van der Waals surface area contributed by atoms with Crippen molar-refractivity contribution in [2.45, 2.75) is 68.7 Å². The van der Waals surface area contributed by atoms with Gasteiger partial charge in [-0.3, -0.25) is 4.79 Å². The van der Waals surface area contributed by atoms with Gasteiger partial charge in [-0.2, -0.15) is 0 Å². The summed E-state index contributed by atoms with van der Waals surface area (Å²) in [7, 11) is 2.53. The van der Waals surface area contributed by atoms with E-state index in [-0.39, 0.29) is 25.5 Å². The summed E-state index contributed by atoms with van der Waals surface area (Å²) >= 11 is 0. The molecular formula is C17H27NO9. The van der Waals surface area contributed by atoms with Crippen LogP contribution in [0.2, 0.25) is 0 Å². The third-order valence-corrected chi connectivity index (χ3v) is 5.20. The molecular weight excluding hydrogens is 362 g/mol. The average molecular weight is 389 g/mol. The monoisotopic (exact) mass is 389 g/mol. The molecule has 0 aliphatic carbocycles. The van der Waals surface area contributed by atoms with Crippen molar-refractivity contribution in [3.63, 3.8) is 0 Å². The molecule has 0 aromatic heterocycles. The van der Waals surface area contributed by atoms with E-state index in [0.717, 1.165) is 0 Å². The fourth-order valence-corrected chi connectivity index (χ4v) is 3.78. The van der Waals surface area contributed by atoms with Gasteiger partial charge in [-0.25, -0.2) is 4.79 Å². The first-order valence-electron chi connectivity index (χ1n) is 8.80. The normalized spacial score (nSPS) is 41.2. The molecule has 3 aliphatic rings. The molecule has 3 rings (SSSR count). The minimum absolute atomic E-state index is 0.0187. The first kappa shape index (κ1) is 20.4. The van der Waals surface area contributed by atoms with Crippen LogP contribution in [0, 0.1) is 0 Å². The summed E-state index contributed by atoms with van der Waals surface area (Å²) in [5.41, 5.74) is -0.908. The molecule has 1 unspecified atom stereocenters. The highest BCUT2D eigenvalue weighted by atomic mass is 16.8. The number of hydrogen-bond donors (Lipinski definition) is 2. The Labute approximate surface area is 157 Å². The van der Waals surface area contributed by atoms with Crippen LogP contribution in [0.1, 0.15) is 27.2 Å². The number of carbonyl (C=O) groups is 2. The highest BCUT2D eigenvalue weighted by Gasteiger charge is 2.68. The van der Waals surface area contributed by atoms with E-state index in [1.807, 2.05) is 0 Å². The Hall–Kier alpha value is -1.30. The quantitative estimate of drug-likeness (QED) is 0.453. The SMILES string of the molecule is COC(=O)[C@]1(OC)C[C@@]2(CO2)[C@@H](NC(C)=O)C([C@H](O)[C@H]2COC(C)(C)O2)O1. The number of hydrogen-bond acceptors (Lipinski definition) is 9. The second kappa shape index (κ2) is 6.94. The summed E-state index contributed by atoms with van der Waals surface area (Å²) in [6, 6.07) is -0.703. The number of carbonyl (C=O) groups excluding carboxylic acids is 2.